The molecule has 160 valence electrons. The van der Waals surface area contributed by atoms with Crippen LogP contribution in [0.3, 0.4) is 0 Å². The number of morpholine rings is 1. The predicted molar refractivity (Wildman–Crippen MR) is 127 cm³/mol. The molecule has 0 aliphatic carbocycles. The fourth-order valence-electron chi connectivity index (χ4n) is 3.23. The van der Waals surface area contributed by atoms with Crippen molar-refractivity contribution in [3.63, 3.8) is 0 Å². The van der Waals surface area contributed by atoms with Gasteiger partial charge in [0.1, 0.15) is 0 Å². The predicted octanol–water partition coefficient (Wildman–Crippen LogP) is 2.97. The number of nitrogens with one attached hydrogen (secondary N) is 2. The summed E-state index contributed by atoms with van der Waals surface area (Å²) < 4.78 is 10.9. The SMILES string of the molecule is CCOCCCCNC(=NC)NCC(c1ccc(C)cc1)N1CCOCC1.I. The fraction of sp³-hybridized carbons (Fsp3) is 0.667. The molecule has 2 rings (SSSR count). The minimum Gasteiger partial charge on any atom is -0.382 e. The summed E-state index contributed by atoms with van der Waals surface area (Å²) in [6.07, 6.45) is 2.14. The van der Waals surface area contributed by atoms with Crippen molar-refractivity contribution in [2.24, 2.45) is 4.99 Å². The Morgan fingerprint density at radius 2 is 1.89 bits per heavy atom. The molecule has 0 radical (unpaired) electrons. The highest BCUT2D eigenvalue weighted by Crippen LogP contribution is 2.21. The van der Waals surface area contributed by atoms with Gasteiger partial charge in [-0.2, -0.15) is 0 Å². The van der Waals surface area contributed by atoms with Gasteiger partial charge in [-0.1, -0.05) is 29.8 Å². The summed E-state index contributed by atoms with van der Waals surface area (Å²) in [5.74, 6) is 0.858. The molecule has 0 spiro atoms. The molecule has 6 nitrogen and oxygen atoms in total. The molecule has 1 heterocycles. The molecule has 1 aliphatic rings. The number of ether oxygens (including phenoxy) is 2. The third-order valence-electron chi connectivity index (χ3n) is 4.85. The molecule has 0 amide bonds. The Morgan fingerprint density at radius 1 is 1.18 bits per heavy atom. The van der Waals surface area contributed by atoms with Crippen molar-refractivity contribution in [1.82, 2.24) is 15.5 Å². The molecular weight excluding hydrogens is 467 g/mol. The number of hydrogen-bond acceptors (Lipinski definition) is 4. The second-order valence-electron chi connectivity index (χ2n) is 6.86. The maximum atomic E-state index is 5.54. The van der Waals surface area contributed by atoms with E-state index in [-0.39, 0.29) is 24.0 Å². The maximum absolute atomic E-state index is 5.54. The Morgan fingerprint density at radius 3 is 2.54 bits per heavy atom. The van der Waals surface area contributed by atoms with Gasteiger partial charge in [0.05, 0.1) is 19.3 Å². The number of nitrogens with zero attached hydrogens (tertiary/aromatic N) is 2. The van der Waals surface area contributed by atoms with Gasteiger partial charge in [-0.3, -0.25) is 9.89 Å². The van der Waals surface area contributed by atoms with Crippen LogP contribution in [0, 0.1) is 6.92 Å². The molecule has 1 saturated heterocycles. The summed E-state index contributed by atoms with van der Waals surface area (Å²) in [5.41, 5.74) is 2.62. The van der Waals surface area contributed by atoms with E-state index in [4.69, 9.17) is 9.47 Å². The molecule has 1 fully saturated rings. The molecule has 0 aromatic heterocycles. The van der Waals surface area contributed by atoms with E-state index >= 15 is 0 Å². The lowest BCUT2D eigenvalue weighted by atomic mass is 10.0. The normalized spacial score (nSPS) is 16.3. The largest absolute Gasteiger partial charge is 0.382 e. The van der Waals surface area contributed by atoms with Crippen LogP contribution in [0.2, 0.25) is 0 Å². The highest BCUT2D eigenvalue weighted by Gasteiger charge is 2.22. The first-order valence-electron chi connectivity index (χ1n) is 10.1. The van der Waals surface area contributed by atoms with Crippen molar-refractivity contribution < 1.29 is 9.47 Å². The van der Waals surface area contributed by atoms with Crippen LogP contribution in [0.5, 0.6) is 0 Å². The van der Waals surface area contributed by atoms with E-state index in [9.17, 15) is 0 Å². The number of aliphatic imine (C=N–C) groups is 1. The summed E-state index contributed by atoms with van der Waals surface area (Å²) in [5, 5.41) is 6.91. The first-order chi connectivity index (χ1) is 13.2. The number of hydrogen-bond donors (Lipinski definition) is 2. The Kier molecular flexibility index (Phi) is 13.5. The molecule has 1 unspecified atom stereocenters. The molecule has 1 aromatic rings. The van der Waals surface area contributed by atoms with Crippen molar-refractivity contribution in [2.75, 3.05) is 59.7 Å². The van der Waals surface area contributed by atoms with E-state index in [1.54, 1.807) is 0 Å². The van der Waals surface area contributed by atoms with Gasteiger partial charge < -0.3 is 20.1 Å². The second kappa shape index (κ2) is 15.0. The van der Waals surface area contributed by atoms with E-state index < -0.39 is 0 Å². The highest BCUT2D eigenvalue weighted by molar-refractivity contribution is 14.0. The lowest BCUT2D eigenvalue weighted by Crippen LogP contribution is -2.46. The smallest absolute Gasteiger partial charge is 0.191 e. The quantitative estimate of drug-likeness (QED) is 0.222. The molecule has 28 heavy (non-hydrogen) atoms. The Bertz CT molecular complexity index is 548. The third-order valence-corrected chi connectivity index (χ3v) is 4.85. The van der Waals surface area contributed by atoms with Crippen molar-refractivity contribution in [2.45, 2.75) is 32.7 Å². The van der Waals surface area contributed by atoms with Crippen LogP contribution in [0.15, 0.2) is 29.3 Å². The van der Waals surface area contributed by atoms with E-state index in [1.165, 1.54) is 11.1 Å². The monoisotopic (exact) mass is 504 g/mol. The molecule has 0 saturated carbocycles. The van der Waals surface area contributed by atoms with E-state index in [0.717, 1.165) is 71.4 Å². The Balaban J connectivity index is 0.00000392. The van der Waals surface area contributed by atoms with Crippen LogP contribution in [0.25, 0.3) is 0 Å². The number of guanidine groups is 1. The highest BCUT2D eigenvalue weighted by atomic mass is 127. The van der Waals surface area contributed by atoms with Crippen LogP contribution in [-0.4, -0.2) is 70.5 Å². The first-order valence-corrected chi connectivity index (χ1v) is 10.1. The van der Waals surface area contributed by atoms with Gasteiger partial charge in [-0.05, 0) is 32.3 Å². The summed E-state index contributed by atoms with van der Waals surface area (Å²) in [6, 6.07) is 9.16. The van der Waals surface area contributed by atoms with E-state index in [2.05, 4.69) is 51.7 Å². The van der Waals surface area contributed by atoms with Gasteiger partial charge in [-0.15, -0.1) is 24.0 Å². The molecular formula is C21H37IN4O2. The van der Waals surface area contributed by atoms with Gasteiger partial charge in [0.25, 0.3) is 0 Å². The van der Waals surface area contributed by atoms with Crippen molar-refractivity contribution in [1.29, 1.82) is 0 Å². The van der Waals surface area contributed by atoms with Gasteiger partial charge in [0, 0.05) is 46.4 Å². The second-order valence-corrected chi connectivity index (χ2v) is 6.86. The number of rotatable bonds is 10. The van der Waals surface area contributed by atoms with Crippen LogP contribution in [0.1, 0.15) is 36.9 Å². The topological polar surface area (TPSA) is 58.1 Å². The lowest BCUT2D eigenvalue weighted by Gasteiger charge is -2.35. The standard InChI is InChI=1S/C21H36N4O2.HI/c1-4-26-14-6-5-11-23-21(22-3)24-17-20(25-12-15-27-16-13-25)19-9-7-18(2)8-10-19;/h7-10,20H,4-6,11-17H2,1-3H3,(H2,22,23,24);1H. The summed E-state index contributed by atoms with van der Waals surface area (Å²) in [4.78, 5) is 6.86. The molecule has 1 aromatic carbocycles. The first kappa shape index (κ1) is 25.1. The van der Waals surface area contributed by atoms with Crippen LogP contribution in [0.4, 0.5) is 0 Å². The summed E-state index contributed by atoms with van der Waals surface area (Å²) in [7, 11) is 1.82. The van der Waals surface area contributed by atoms with Gasteiger partial charge >= 0.3 is 0 Å². The molecule has 2 N–H and O–H groups in total. The van der Waals surface area contributed by atoms with Gasteiger partial charge in [0.2, 0.25) is 0 Å². The van der Waals surface area contributed by atoms with E-state index in [1.807, 2.05) is 14.0 Å². The molecule has 1 aliphatic heterocycles. The average molecular weight is 504 g/mol. The van der Waals surface area contributed by atoms with Crippen molar-refractivity contribution in [3.8, 4) is 0 Å². The van der Waals surface area contributed by atoms with Gasteiger partial charge in [-0.25, -0.2) is 0 Å². The zero-order valence-electron chi connectivity index (χ0n) is 17.6. The number of halogens is 1. The summed E-state index contributed by atoms with van der Waals surface area (Å²) >= 11 is 0. The van der Waals surface area contributed by atoms with Crippen LogP contribution < -0.4 is 10.6 Å². The number of unbranched alkanes of at least 4 members (excludes halogenated alkanes) is 1. The maximum Gasteiger partial charge on any atom is 0.191 e. The van der Waals surface area contributed by atoms with E-state index in [0.29, 0.717) is 6.04 Å². The Hall–Kier alpha value is -0.900. The number of aryl methyl sites for hydroxylation is 1. The fourth-order valence-corrected chi connectivity index (χ4v) is 3.23. The van der Waals surface area contributed by atoms with Crippen LogP contribution in [-0.2, 0) is 9.47 Å². The zero-order valence-corrected chi connectivity index (χ0v) is 19.9. The minimum absolute atomic E-state index is 0. The molecule has 0 bridgehead atoms. The average Bonchev–Trinajstić information content (AvgIpc) is 2.71. The van der Waals surface area contributed by atoms with Crippen molar-refractivity contribution in [3.05, 3.63) is 35.4 Å². The molecule has 1 atom stereocenters. The third kappa shape index (κ3) is 9.07. The van der Waals surface area contributed by atoms with Crippen molar-refractivity contribution >= 4 is 29.9 Å². The summed E-state index contributed by atoms with van der Waals surface area (Å²) in [6.45, 7) is 11.0. The molecule has 7 heteroatoms. The van der Waals surface area contributed by atoms with Crippen LogP contribution >= 0.6 is 24.0 Å². The minimum atomic E-state index is 0. The number of benzene rings is 1. The Labute approximate surface area is 187 Å². The zero-order chi connectivity index (χ0) is 19.3. The van der Waals surface area contributed by atoms with Gasteiger partial charge in [0.15, 0.2) is 5.96 Å². The lowest BCUT2D eigenvalue weighted by molar-refractivity contribution is 0.0170.